The highest BCUT2D eigenvalue weighted by molar-refractivity contribution is 5.92. The van der Waals surface area contributed by atoms with E-state index in [0.717, 1.165) is 64.5 Å². The average molecular weight is 490 g/mol. The highest BCUT2D eigenvalue weighted by Crippen LogP contribution is 2.17. The van der Waals surface area contributed by atoms with Crippen LogP contribution in [0.15, 0.2) is 85.2 Å². The fraction of sp³-hybridized carbons (Fsp3) is 0.452. The molecule has 0 spiro atoms. The van der Waals surface area contributed by atoms with Crippen LogP contribution in [-0.4, -0.2) is 41.3 Å². The van der Waals surface area contributed by atoms with Crippen molar-refractivity contribution in [3.63, 3.8) is 0 Å². The molecule has 2 rings (SSSR count). The van der Waals surface area contributed by atoms with Crippen LogP contribution in [0.3, 0.4) is 0 Å². The lowest BCUT2D eigenvalue weighted by atomic mass is 10.1. The molecule has 5 heteroatoms. The van der Waals surface area contributed by atoms with E-state index >= 15 is 0 Å². The molecule has 0 saturated carbocycles. The van der Waals surface area contributed by atoms with E-state index in [-0.39, 0.29) is 11.8 Å². The number of rotatable bonds is 16. The fourth-order valence-electron chi connectivity index (χ4n) is 3.95. The Morgan fingerprint density at radius 1 is 0.944 bits per heavy atom. The predicted molar refractivity (Wildman–Crippen MR) is 150 cm³/mol. The number of carbonyl (C=O) groups is 2. The smallest absolute Gasteiger partial charge is 0.269 e. The Kier molecular flexibility index (Phi) is 15.3. The van der Waals surface area contributed by atoms with Crippen molar-refractivity contribution < 1.29 is 9.59 Å². The van der Waals surface area contributed by atoms with Gasteiger partial charge >= 0.3 is 0 Å². The van der Waals surface area contributed by atoms with E-state index in [0.29, 0.717) is 24.6 Å². The summed E-state index contributed by atoms with van der Waals surface area (Å²) in [5.41, 5.74) is 0.429. The fourth-order valence-corrected chi connectivity index (χ4v) is 3.95. The molecule has 1 N–H and O–H groups in total. The Morgan fingerprint density at radius 3 is 2.19 bits per heavy atom. The van der Waals surface area contributed by atoms with Crippen molar-refractivity contribution in [3.8, 4) is 0 Å². The summed E-state index contributed by atoms with van der Waals surface area (Å²) < 4.78 is 0. The van der Waals surface area contributed by atoms with Gasteiger partial charge in [0.1, 0.15) is 5.69 Å². The molecule has 1 aromatic rings. The highest BCUT2D eigenvalue weighted by atomic mass is 16.2. The van der Waals surface area contributed by atoms with Gasteiger partial charge in [0.2, 0.25) is 5.91 Å². The van der Waals surface area contributed by atoms with Gasteiger partial charge in [-0.05, 0) is 69.4 Å². The molecule has 0 unspecified atom stereocenters. The molecule has 0 aliphatic carbocycles. The highest BCUT2D eigenvalue weighted by Gasteiger charge is 2.26. The lowest BCUT2D eigenvalue weighted by Gasteiger charge is -2.16. The van der Waals surface area contributed by atoms with Crippen molar-refractivity contribution in [1.29, 1.82) is 0 Å². The molecule has 0 aromatic carbocycles. The third-order valence-electron chi connectivity index (χ3n) is 6.01. The first-order chi connectivity index (χ1) is 17.7. The number of carbonyl (C=O) groups excluding carboxylic acids is 2. The number of amides is 2. The Bertz CT molecular complexity index is 900. The Hall–Kier alpha value is -3.21. The van der Waals surface area contributed by atoms with Gasteiger partial charge in [-0.2, -0.15) is 0 Å². The van der Waals surface area contributed by atoms with E-state index in [1.165, 1.54) is 0 Å². The first kappa shape index (κ1) is 29.0. The van der Waals surface area contributed by atoms with Gasteiger partial charge in [-0.1, -0.05) is 73.8 Å². The van der Waals surface area contributed by atoms with Crippen LogP contribution in [0.4, 0.5) is 0 Å². The summed E-state index contributed by atoms with van der Waals surface area (Å²) in [5, 5.41) is 2.94. The number of nitrogens with zero attached hydrogens (tertiary/aromatic N) is 2. The van der Waals surface area contributed by atoms with Gasteiger partial charge in [-0.15, -0.1) is 0 Å². The molecule has 1 saturated heterocycles. The van der Waals surface area contributed by atoms with E-state index in [4.69, 9.17) is 0 Å². The first-order valence-electron chi connectivity index (χ1n) is 13.4. The maximum Gasteiger partial charge on any atom is 0.269 e. The van der Waals surface area contributed by atoms with Crippen LogP contribution < -0.4 is 5.32 Å². The maximum absolute atomic E-state index is 12.5. The summed E-state index contributed by atoms with van der Waals surface area (Å²) in [4.78, 5) is 30.6. The topological polar surface area (TPSA) is 62.3 Å². The second-order valence-corrected chi connectivity index (χ2v) is 9.02. The molecule has 36 heavy (non-hydrogen) atoms. The van der Waals surface area contributed by atoms with Crippen LogP contribution in [0.2, 0.25) is 0 Å². The molecule has 0 bridgehead atoms. The lowest BCUT2D eigenvalue weighted by molar-refractivity contribution is -0.130. The number of aromatic nitrogens is 1. The summed E-state index contributed by atoms with van der Waals surface area (Å²) in [6, 6.07) is 5.30. The third kappa shape index (κ3) is 13.0. The van der Waals surface area contributed by atoms with Crippen molar-refractivity contribution in [3.05, 3.63) is 90.9 Å². The van der Waals surface area contributed by atoms with Crippen molar-refractivity contribution >= 4 is 11.8 Å². The minimum Gasteiger partial charge on any atom is -0.350 e. The van der Waals surface area contributed by atoms with Crippen molar-refractivity contribution in [2.75, 3.05) is 19.6 Å². The average Bonchev–Trinajstić information content (AvgIpc) is 3.39. The number of unbranched alkanes of at least 4 members (excludes halogenated alkanes) is 1. The number of pyridine rings is 1. The third-order valence-corrected chi connectivity index (χ3v) is 6.01. The molecule has 1 atom stereocenters. The lowest BCUT2D eigenvalue weighted by Crippen LogP contribution is -2.33. The summed E-state index contributed by atoms with van der Waals surface area (Å²) in [5.74, 6) is 0.380. The number of hydrogen-bond acceptors (Lipinski definition) is 3. The molecule has 1 aliphatic rings. The van der Waals surface area contributed by atoms with Gasteiger partial charge in [0.15, 0.2) is 0 Å². The molecule has 1 aliphatic heterocycles. The predicted octanol–water partition coefficient (Wildman–Crippen LogP) is 6.58. The number of allylic oxidation sites excluding steroid dienone is 10. The van der Waals surface area contributed by atoms with Gasteiger partial charge in [-0.25, -0.2) is 0 Å². The molecular formula is C31H43N3O2. The SMILES string of the molecule is CC/C=C\C/C=C\C/C=C\C/C=C\C/C=C\CCCC(=O)N1CC[C@@H](CNC(=O)c2ccccn2)C1. The van der Waals surface area contributed by atoms with E-state index in [1.807, 2.05) is 4.90 Å². The monoisotopic (exact) mass is 489 g/mol. The minimum absolute atomic E-state index is 0.155. The van der Waals surface area contributed by atoms with Crippen LogP contribution in [0, 0.1) is 5.92 Å². The molecule has 1 aromatic heterocycles. The second-order valence-electron chi connectivity index (χ2n) is 9.02. The van der Waals surface area contributed by atoms with Crippen LogP contribution in [0.25, 0.3) is 0 Å². The number of hydrogen-bond donors (Lipinski definition) is 1. The Morgan fingerprint density at radius 2 is 1.58 bits per heavy atom. The van der Waals surface area contributed by atoms with Gasteiger partial charge in [0.05, 0.1) is 0 Å². The van der Waals surface area contributed by atoms with Crippen LogP contribution in [0.1, 0.15) is 75.2 Å². The normalized spacial score (nSPS) is 16.5. The Balaban J connectivity index is 1.47. The standard InChI is InChI=1S/C31H43N3O2/c1-2-3-4-5-6-7-8-9-10-11-12-13-14-15-16-17-18-22-30(35)34-25-23-28(27-34)26-33-31(36)29-21-19-20-24-32-29/h3-4,6-7,9-10,12-13,15-16,19-21,24,28H,2,5,8,11,14,17-18,22-23,25-27H2,1H3,(H,33,36)/b4-3-,7-6-,10-9-,13-12-,16-15-/t28-/m0/s1. The van der Waals surface area contributed by atoms with Gasteiger partial charge in [0, 0.05) is 32.3 Å². The van der Waals surface area contributed by atoms with Gasteiger partial charge in [-0.3, -0.25) is 14.6 Å². The molecule has 2 amide bonds. The molecule has 2 heterocycles. The van der Waals surface area contributed by atoms with E-state index < -0.39 is 0 Å². The van der Waals surface area contributed by atoms with Crippen LogP contribution in [-0.2, 0) is 4.79 Å². The molecule has 194 valence electrons. The first-order valence-corrected chi connectivity index (χ1v) is 13.4. The van der Waals surface area contributed by atoms with Crippen LogP contribution >= 0.6 is 0 Å². The zero-order valence-corrected chi connectivity index (χ0v) is 21.9. The maximum atomic E-state index is 12.5. The molecular weight excluding hydrogens is 446 g/mol. The van der Waals surface area contributed by atoms with E-state index in [2.05, 4.69) is 78.0 Å². The second kappa shape index (κ2) is 19.0. The quantitative estimate of drug-likeness (QED) is 0.211. The molecule has 1 fully saturated rings. The largest absolute Gasteiger partial charge is 0.350 e. The Labute approximate surface area is 217 Å². The van der Waals surface area contributed by atoms with Crippen molar-refractivity contribution in [1.82, 2.24) is 15.2 Å². The summed E-state index contributed by atoms with van der Waals surface area (Å²) in [7, 11) is 0. The van der Waals surface area contributed by atoms with E-state index in [9.17, 15) is 9.59 Å². The van der Waals surface area contributed by atoms with Crippen LogP contribution in [0.5, 0.6) is 0 Å². The van der Waals surface area contributed by atoms with E-state index in [1.54, 1.807) is 24.4 Å². The zero-order valence-electron chi connectivity index (χ0n) is 21.9. The summed E-state index contributed by atoms with van der Waals surface area (Å²) >= 11 is 0. The summed E-state index contributed by atoms with van der Waals surface area (Å²) in [6.07, 6.45) is 31.9. The van der Waals surface area contributed by atoms with Crippen molar-refractivity contribution in [2.24, 2.45) is 5.92 Å². The van der Waals surface area contributed by atoms with Crippen molar-refractivity contribution in [2.45, 2.75) is 64.7 Å². The summed E-state index contributed by atoms with van der Waals surface area (Å²) in [6.45, 7) is 4.24. The molecule has 5 nitrogen and oxygen atoms in total. The number of likely N-dealkylation sites (tertiary alicyclic amines) is 1. The van der Waals surface area contributed by atoms with Gasteiger partial charge in [0.25, 0.3) is 5.91 Å². The van der Waals surface area contributed by atoms with Gasteiger partial charge < -0.3 is 10.2 Å². The molecule has 0 radical (unpaired) electrons. The minimum atomic E-state index is -0.155. The zero-order chi connectivity index (χ0) is 25.7. The number of nitrogens with one attached hydrogen (secondary N) is 1.